The van der Waals surface area contributed by atoms with E-state index in [1.165, 1.54) is 20.3 Å². The third kappa shape index (κ3) is 4.25. The highest BCUT2D eigenvalue weighted by Gasteiger charge is 2.41. The van der Waals surface area contributed by atoms with Gasteiger partial charge in [0.05, 0.1) is 19.1 Å². The fraction of sp³-hybridized carbons (Fsp3) is 0.120. The van der Waals surface area contributed by atoms with Crippen molar-refractivity contribution < 1.29 is 27.5 Å². The number of amides is 1. The number of sulfonamides is 1. The lowest BCUT2D eigenvalue weighted by molar-refractivity contribution is -0.137. The largest absolute Gasteiger partial charge is 0.497 e. The lowest BCUT2D eigenvalue weighted by Gasteiger charge is -2.32. The third-order valence-electron chi connectivity index (χ3n) is 5.29. The molecule has 0 radical (unpaired) electrons. The van der Waals surface area contributed by atoms with Gasteiger partial charge >= 0.3 is 5.97 Å². The number of methoxy groups -OCH3 is 2. The van der Waals surface area contributed by atoms with Crippen LogP contribution in [0.1, 0.15) is 11.1 Å². The second-order valence-electron chi connectivity index (χ2n) is 7.37. The fourth-order valence-electron chi connectivity index (χ4n) is 3.78. The number of esters is 1. The summed E-state index contributed by atoms with van der Waals surface area (Å²) in [5, 5.41) is 2.66. The molecule has 3 aromatic carbocycles. The minimum Gasteiger partial charge on any atom is -0.497 e. The van der Waals surface area contributed by atoms with Crippen LogP contribution in [0.15, 0.2) is 89.5 Å². The molecule has 0 fully saturated rings. The zero-order valence-electron chi connectivity index (χ0n) is 18.5. The molecule has 1 aliphatic rings. The second-order valence-corrected chi connectivity index (χ2v) is 9.20. The summed E-state index contributed by atoms with van der Waals surface area (Å²) in [6.07, 6.45) is 0. The quantitative estimate of drug-likeness (QED) is 0.546. The highest BCUT2D eigenvalue weighted by molar-refractivity contribution is 7.89. The number of benzene rings is 3. The van der Waals surface area contributed by atoms with E-state index in [4.69, 9.17) is 9.47 Å². The van der Waals surface area contributed by atoms with Gasteiger partial charge in [0.1, 0.15) is 18.0 Å². The highest BCUT2D eigenvalue weighted by atomic mass is 32.2. The number of carbonyl (C=O) groups is 2. The molecule has 0 atom stereocenters. The molecule has 3 aromatic rings. The van der Waals surface area contributed by atoms with Crippen LogP contribution in [0.3, 0.4) is 0 Å². The van der Waals surface area contributed by atoms with Crippen molar-refractivity contribution in [2.24, 2.45) is 0 Å². The smallest absolute Gasteiger partial charge is 0.356 e. The first-order valence-electron chi connectivity index (χ1n) is 10.3. The third-order valence-corrected chi connectivity index (χ3v) is 7.10. The van der Waals surface area contributed by atoms with Gasteiger partial charge in [-0.25, -0.2) is 17.5 Å². The number of fused-ring (bicyclic) bond motifs is 1. The van der Waals surface area contributed by atoms with Crippen LogP contribution in [0.5, 0.6) is 5.75 Å². The Morgan fingerprint density at radius 3 is 2.32 bits per heavy atom. The molecule has 0 spiro atoms. The van der Waals surface area contributed by atoms with Crippen molar-refractivity contribution in [1.29, 1.82) is 0 Å². The van der Waals surface area contributed by atoms with Gasteiger partial charge in [0.15, 0.2) is 0 Å². The average molecular weight is 479 g/mol. The van der Waals surface area contributed by atoms with E-state index in [9.17, 15) is 18.0 Å². The van der Waals surface area contributed by atoms with Crippen LogP contribution in [0.25, 0.3) is 5.57 Å². The standard InChI is InChI=1S/C25H22N2O6S/c1-32-19-12-8-11-18(15-19)26-22(28)16-27-24(25(29)33-2)23(17-9-4-3-5-10-17)20-13-6-7-14-21(20)34(27,30)31/h3-15H,16H2,1-2H3,(H,26,28). The van der Waals surface area contributed by atoms with Crippen LogP contribution in [0.4, 0.5) is 5.69 Å². The van der Waals surface area contributed by atoms with Crippen LogP contribution in [-0.2, 0) is 24.3 Å². The first-order chi connectivity index (χ1) is 16.4. The molecule has 0 aromatic heterocycles. The Labute approximate surface area is 197 Å². The molecule has 0 aliphatic carbocycles. The lowest BCUT2D eigenvalue weighted by Crippen LogP contribution is -2.43. The predicted octanol–water partition coefficient (Wildman–Crippen LogP) is 3.27. The van der Waals surface area contributed by atoms with Crippen molar-refractivity contribution in [1.82, 2.24) is 4.31 Å². The Morgan fingerprint density at radius 1 is 0.912 bits per heavy atom. The van der Waals surface area contributed by atoms with Crippen LogP contribution < -0.4 is 10.1 Å². The summed E-state index contributed by atoms with van der Waals surface area (Å²) in [5.74, 6) is -0.977. The van der Waals surface area contributed by atoms with E-state index < -0.39 is 28.4 Å². The Hall–Kier alpha value is -4.11. The first kappa shape index (κ1) is 23.1. The van der Waals surface area contributed by atoms with E-state index in [1.54, 1.807) is 66.7 Å². The maximum atomic E-state index is 13.6. The molecule has 1 aliphatic heterocycles. The molecule has 8 nitrogen and oxygen atoms in total. The number of hydrogen-bond acceptors (Lipinski definition) is 6. The van der Waals surface area contributed by atoms with Crippen LogP contribution in [0, 0.1) is 0 Å². The number of nitrogens with one attached hydrogen (secondary N) is 1. The number of nitrogens with zero attached hydrogens (tertiary/aromatic N) is 1. The fourth-order valence-corrected chi connectivity index (χ4v) is 5.41. The summed E-state index contributed by atoms with van der Waals surface area (Å²) in [4.78, 5) is 25.9. The molecule has 9 heteroatoms. The van der Waals surface area contributed by atoms with Gasteiger partial charge in [0.2, 0.25) is 5.91 Å². The molecule has 34 heavy (non-hydrogen) atoms. The summed E-state index contributed by atoms with van der Waals surface area (Å²) in [6, 6.07) is 21.9. The van der Waals surface area contributed by atoms with Gasteiger partial charge in [0, 0.05) is 22.9 Å². The number of hydrogen-bond donors (Lipinski definition) is 1. The number of rotatable bonds is 6. The molecular formula is C25H22N2O6S. The molecule has 0 saturated heterocycles. The molecule has 0 bridgehead atoms. The molecule has 0 saturated carbocycles. The van der Waals surface area contributed by atoms with Gasteiger partial charge in [-0.2, -0.15) is 0 Å². The zero-order valence-corrected chi connectivity index (χ0v) is 19.3. The molecule has 1 N–H and O–H groups in total. The van der Waals surface area contributed by atoms with Crippen molar-refractivity contribution in [3.05, 3.63) is 95.7 Å². The molecule has 1 heterocycles. The predicted molar refractivity (Wildman–Crippen MR) is 126 cm³/mol. The SMILES string of the molecule is COC(=O)C1=C(c2ccccc2)c2ccccc2S(=O)(=O)N1CC(=O)Nc1cccc(OC)c1. The van der Waals surface area contributed by atoms with Crippen LogP contribution >= 0.6 is 0 Å². The molecule has 0 unspecified atom stereocenters. The van der Waals surface area contributed by atoms with Crippen LogP contribution in [-0.4, -0.2) is 45.4 Å². The van der Waals surface area contributed by atoms with Crippen molar-refractivity contribution in [2.75, 3.05) is 26.1 Å². The minimum atomic E-state index is -4.24. The van der Waals surface area contributed by atoms with E-state index in [0.29, 0.717) is 28.1 Å². The normalized spacial score (nSPS) is 14.2. The minimum absolute atomic E-state index is 0.00399. The molecular weight excluding hydrogens is 456 g/mol. The highest BCUT2D eigenvalue weighted by Crippen LogP contribution is 2.40. The maximum absolute atomic E-state index is 13.6. The van der Waals surface area contributed by atoms with E-state index >= 15 is 0 Å². The molecule has 174 valence electrons. The van der Waals surface area contributed by atoms with Crippen LogP contribution in [0.2, 0.25) is 0 Å². The van der Waals surface area contributed by atoms with E-state index in [-0.39, 0.29) is 10.6 Å². The summed E-state index contributed by atoms with van der Waals surface area (Å²) in [5.41, 5.74) is 1.54. The first-order valence-corrected chi connectivity index (χ1v) is 11.7. The average Bonchev–Trinajstić information content (AvgIpc) is 2.85. The van der Waals surface area contributed by atoms with Crippen molar-refractivity contribution in [2.45, 2.75) is 4.90 Å². The van der Waals surface area contributed by atoms with Gasteiger partial charge in [-0.15, -0.1) is 0 Å². The van der Waals surface area contributed by atoms with Gasteiger partial charge in [0.25, 0.3) is 10.0 Å². The van der Waals surface area contributed by atoms with E-state index in [2.05, 4.69) is 5.32 Å². The van der Waals surface area contributed by atoms with Crippen molar-refractivity contribution in [3.63, 3.8) is 0 Å². The summed E-state index contributed by atoms with van der Waals surface area (Å²) in [7, 11) is -1.58. The number of anilines is 1. The molecule has 1 amide bonds. The second kappa shape index (κ2) is 9.40. The Morgan fingerprint density at radius 2 is 1.62 bits per heavy atom. The van der Waals surface area contributed by atoms with Gasteiger partial charge in [-0.1, -0.05) is 54.6 Å². The van der Waals surface area contributed by atoms with Gasteiger partial charge in [-0.3, -0.25) is 4.79 Å². The molecule has 4 rings (SSSR count). The van der Waals surface area contributed by atoms with E-state index in [0.717, 1.165) is 4.31 Å². The Kier molecular flexibility index (Phi) is 6.38. The van der Waals surface area contributed by atoms with Crippen molar-refractivity contribution in [3.8, 4) is 5.75 Å². The lowest BCUT2D eigenvalue weighted by atomic mass is 9.95. The number of ether oxygens (including phenoxy) is 2. The number of carbonyl (C=O) groups excluding carboxylic acids is 2. The van der Waals surface area contributed by atoms with E-state index in [1.807, 2.05) is 6.07 Å². The monoisotopic (exact) mass is 478 g/mol. The Bertz CT molecular complexity index is 1380. The van der Waals surface area contributed by atoms with Gasteiger partial charge in [-0.05, 0) is 23.8 Å². The Balaban J connectivity index is 1.84. The summed E-state index contributed by atoms with van der Waals surface area (Å²) < 4.78 is 38.1. The maximum Gasteiger partial charge on any atom is 0.356 e. The summed E-state index contributed by atoms with van der Waals surface area (Å²) >= 11 is 0. The topological polar surface area (TPSA) is 102 Å². The van der Waals surface area contributed by atoms with Gasteiger partial charge < -0.3 is 14.8 Å². The summed E-state index contributed by atoms with van der Waals surface area (Å²) in [6.45, 7) is -0.630. The van der Waals surface area contributed by atoms with Crippen molar-refractivity contribution >= 4 is 33.2 Å². The zero-order chi connectivity index (χ0) is 24.3.